The predicted molar refractivity (Wildman–Crippen MR) is 65.1 cm³/mol. The highest BCUT2D eigenvalue weighted by Crippen LogP contribution is 2.15. The smallest absolute Gasteiger partial charge is 0.327 e. The molecule has 0 spiro atoms. The minimum absolute atomic E-state index is 0.116. The summed E-state index contributed by atoms with van der Waals surface area (Å²) in [5, 5.41) is 14.3. The van der Waals surface area contributed by atoms with Gasteiger partial charge in [0, 0.05) is 13.5 Å². The molecule has 0 fully saturated rings. The standard InChI is InChI=1S/C12H18N2O4/c1-7-4-5-11(18-7)8(2)13-6-10(12(16)17)14-9(3)15/h4-5,8,10,13H,6H2,1-3H3,(H,14,15)(H,16,17). The van der Waals surface area contributed by atoms with Gasteiger partial charge in [0.25, 0.3) is 0 Å². The lowest BCUT2D eigenvalue weighted by Crippen LogP contribution is -2.46. The van der Waals surface area contributed by atoms with E-state index in [0.29, 0.717) is 0 Å². The Morgan fingerprint density at radius 2 is 2.11 bits per heavy atom. The lowest BCUT2D eigenvalue weighted by molar-refractivity contribution is -0.141. The summed E-state index contributed by atoms with van der Waals surface area (Å²) in [5.41, 5.74) is 0. The molecule has 1 amide bonds. The molecule has 1 aromatic heterocycles. The summed E-state index contributed by atoms with van der Waals surface area (Å²) >= 11 is 0. The molecular weight excluding hydrogens is 236 g/mol. The number of carboxylic acids is 1. The summed E-state index contributed by atoms with van der Waals surface area (Å²) in [5.74, 6) is 0.0981. The number of amides is 1. The number of furan rings is 1. The Labute approximate surface area is 105 Å². The number of hydrogen-bond acceptors (Lipinski definition) is 4. The van der Waals surface area contributed by atoms with Crippen molar-refractivity contribution in [2.75, 3.05) is 6.54 Å². The van der Waals surface area contributed by atoms with Crippen LogP contribution < -0.4 is 10.6 Å². The summed E-state index contributed by atoms with van der Waals surface area (Å²) in [7, 11) is 0. The summed E-state index contributed by atoms with van der Waals surface area (Å²) in [6.45, 7) is 5.13. The molecule has 6 heteroatoms. The molecule has 0 aliphatic heterocycles. The van der Waals surface area contributed by atoms with E-state index in [-0.39, 0.29) is 18.5 Å². The molecule has 0 saturated carbocycles. The number of carbonyl (C=O) groups excluding carboxylic acids is 1. The number of carboxylic acid groups (broad SMARTS) is 1. The first-order chi connectivity index (χ1) is 8.40. The fourth-order valence-electron chi connectivity index (χ4n) is 1.53. The van der Waals surface area contributed by atoms with Crippen LogP contribution in [0.3, 0.4) is 0 Å². The second-order valence-corrected chi connectivity index (χ2v) is 4.17. The van der Waals surface area contributed by atoms with E-state index < -0.39 is 12.0 Å². The van der Waals surface area contributed by atoms with E-state index in [4.69, 9.17) is 9.52 Å². The quantitative estimate of drug-likeness (QED) is 0.699. The van der Waals surface area contributed by atoms with Gasteiger partial charge in [0.15, 0.2) is 0 Å². The fourth-order valence-corrected chi connectivity index (χ4v) is 1.53. The van der Waals surface area contributed by atoms with Crippen LogP contribution in [0.15, 0.2) is 16.5 Å². The number of hydrogen-bond donors (Lipinski definition) is 3. The van der Waals surface area contributed by atoms with Gasteiger partial charge in [-0.05, 0) is 26.0 Å². The molecule has 3 N–H and O–H groups in total. The van der Waals surface area contributed by atoms with Gasteiger partial charge < -0.3 is 20.2 Å². The van der Waals surface area contributed by atoms with E-state index >= 15 is 0 Å². The van der Waals surface area contributed by atoms with Crippen molar-refractivity contribution >= 4 is 11.9 Å². The van der Waals surface area contributed by atoms with Crippen LogP contribution in [0.4, 0.5) is 0 Å². The van der Waals surface area contributed by atoms with Gasteiger partial charge >= 0.3 is 5.97 Å². The molecule has 1 heterocycles. The van der Waals surface area contributed by atoms with Crippen LogP contribution in [0, 0.1) is 6.92 Å². The van der Waals surface area contributed by atoms with E-state index in [1.54, 1.807) is 0 Å². The summed E-state index contributed by atoms with van der Waals surface area (Å²) in [6.07, 6.45) is 0. The third-order valence-electron chi connectivity index (χ3n) is 2.49. The van der Waals surface area contributed by atoms with Crippen molar-refractivity contribution in [3.63, 3.8) is 0 Å². The number of rotatable bonds is 6. The van der Waals surface area contributed by atoms with Gasteiger partial charge in [-0.1, -0.05) is 0 Å². The Hall–Kier alpha value is -1.82. The number of aryl methyl sites for hydroxylation is 1. The Balaban J connectivity index is 2.51. The van der Waals surface area contributed by atoms with Crippen molar-refractivity contribution in [2.24, 2.45) is 0 Å². The average Bonchev–Trinajstić information content (AvgIpc) is 2.69. The molecule has 0 aromatic carbocycles. The molecular formula is C12H18N2O4. The largest absolute Gasteiger partial charge is 0.480 e. The highest BCUT2D eigenvalue weighted by Gasteiger charge is 2.19. The molecule has 18 heavy (non-hydrogen) atoms. The van der Waals surface area contributed by atoms with Gasteiger partial charge in [-0.3, -0.25) is 4.79 Å². The molecule has 0 aliphatic rings. The maximum atomic E-state index is 10.9. The van der Waals surface area contributed by atoms with Crippen molar-refractivity contribution < 1.29 is 19.1 Å². The van der Waals surface area contributed by atoms with Crippen LogP contribution in [0.1, 0.15) is 31.4 Å². The third-order valence-corrected chi connectivity index (χ3v) is 2.49. The van der Waals surface area contributed by atoms with Crippen molar-refractivity contribution in [2.45, 2.75) is 32.9 Å². The first-order valence-corrected chi connectivity index (χ1v) is 5.69. The van der Waals surface area contributed by atoms with E-state index in [9.17, 15) is 9.59 Å². The molecule has 6 nitrogen and oxygen atoms in total. The zero-order valence-electron chi connectivity index (χ0n) is 10.7. The maximum Gasteiger partial charge on any atom is 0.327 e. The van der Waals surface area contributed by atoms with Gasteiger partial charge in [0.2, 0.25) is 5.91 Å². The summed E-state index contributed by atoms with van der Waals surface area (Å²) < 4.78 is 5.42. The molecule has 1 rings (SSSR count). The van der Waals surface area contributed by atoms with Crippen LogP contribution in [-0.4, -0.2) is 29.6 Å². The molecule has 100 valence electrons. The predicted octanol–water partition coefficient (Wildman–Crippen LogP) is 0.828. The Morgan fingerprint density at radius 1 is 1.44 bits per heavy atom. The third kappa shape index (κ3) is 4.21. The van der Waals surface area contributed by atoms with Crippen LogP contribution in [0.25, 0.3) is 0 Å². The summed E-state index contributed by atoms with van der Waals surface area (Å²) in [4.78, 5) is 21.8. The normalized spacial score (nSPS) is 13.9. The first-order valence-electron chi connectivity index (χ1n) is 5.69. The van der Waals surface area contributed by atoms with Crippen molar-refractivity contribution in [1.82, 2.24) is 10.6 Å². The highest BCUT2D eigenvalue weighted by molar-refractivity contribution is 5.82. The van der Waals surface area contributed by atoms with E-state index in [1.807, 2.05) is 26.0 Å². The second kappa shape index (κ2) is 6.20. The van der Waals surface area contributed by atoms with Gasteiger partial charge in [-0.25, -0.2) is 4.79 Å². The number of carbonyl (C=O) groups is 2. The highest BCUT2D eigenvalue weighted by atomic mass is 16.4. The van der Waals surface area contributed by atoms with Crippen LogP contribution >= 0.6 is 0 Å². The van der Waals surface area contributed by atoms with Gasteiger partial charge in [0.05, 0.1) is 6.04 Å². The Morgan fingerprint density at radius 3 is 2.56 bits per heavy atom. The zero-order valence-corrected chi connectivity index (χ0v) is 10.7. The molecule has 0 bridgehead atoms. The van der Waals surface area contributed by atoms with Crippen molar-refractivity contribution in [1.29, 1.82) is 0 Å². The lowest BCUT2D eigenvalue weighted by Gasteiger charge is -2.17. The maximum absolute atomic E-state index is 10.9. The molecule has 1 aromatic rings. The zero-order chi connectivity index (χ0) is 13.7. The van der Waals surface area contributed by atoms with Gasteiger partial charge in [-0.2, -0.15) is 0 Å². The molecule has 2 unspecified atom stereocenters. The number of aliphatic carboxylic acids is 1. The number of nitrogens with one attached hydrogen (secondary N) is 2. The Bertz CT molecular complexity index is 427. The SMILES string of the molecule is CC(=O)NC(CNC(C)c1ccc(C)o1)C(=O)O. The average molecular weight is 254 g/mol. The molecule has 0 radical (unpaired) electrons. The lowest BCUT2D eigenvalue weighted by atomic mass is 10.2. The van der Waals surface area contributed by atoms with Crippen LogP contribution in [0.2, 0.25) is 0 Å². The van der Waals surface area contributed by atoms with Crippen LogP contribution in [-0.2, 0) is 9.59 Å². The first kappa shape index (κ1) is 14.2. The fraction of sp³-hybridized carbons (Fsp3) is 0.500. The van der Waals surface area contributed by atoms with Crippen molar-refractivity contribution in [3.05, 3.63) is 23.7 Å². The van der Waals surface area contributed by atoms with Crippen LogP contribution in [0.5, 0.6) is 0 Å². The minimum atomic E-state index is -1.07. The Kier molecular flexibility index (Phi) is 4.91. The van der Waals surface area contributed by atoms with Crippen molar-refractivity contribution in [3.8, 4) is 0 Å². The molecule has 2 atom stereocenters. The topological polar surface area (TPSA) is 91.6 Å². The minimum Gasteiger partial charge on any atom is -0.480 e. The second-order valence-electron chi connectivity index (χ2n) is 4.17. The summed E-state index contributed by atoms with van der Waals surface area (Å²) in [6, 6.07) is 2.62. The van der Waals surface area contributed by atoms with E-state index in [2.05, 4.69) is 10.6 Å². The van der Waals surface area contributed by atoms with E-state index in [1.165, 1.54) is 6.92 Å². The molecule has 0 aliphatic carbocycles. The van der Waals surface area contributed by atoms with E-state index in [0.717, 1.165) is 11.5 Å². The monoisotopic (exact) mass is 254 g/mol. The van der Waals surface area contributed by atoms with Gasteiger partial charge in [0.1, 0.15) is 17.6 Å². The molecule has 0 saturated heterocycles. The van der Waals surface area contributed by atoms with Gasteiger partial charge in [-0.15, -0.1) is 0 Å².